The quantitative estimate of drug-likeness (QED) is 0.925. The lowest BCUT2D eigenvalue weighted by Gasteiger charge is -2.41. The Morgan fingerprint density at radius 3 is 3.05 bits per heavy atom. The van der Waals surface area contributed by atoms with Gasteiger partial charge < -0.3 is 10.2 Å². The van der Waals surface area contributed by atoms with Crippen molar-refractivity contribution in [2.45, 2.75) is 44.1 Å². The lowest BCUT2D eigenvalue weighted by Crippen LogP contribution is -2.45. The molecule has 2 atom stereocenters. The first kappa shape index (κ1) is 13.8. The molecule has 1 aromatic heterocycles. The Labute approximate surface area is 129 Å². The fourth-order valence-electron chi connectivity index (χ4n) is 3.93. The van der Waals surface area contributed by atoms with E-state index >= 15 is 0 Å². The van der Waals surface area contributed by atoms with Crippen LogP contribution in [0, 0.1) is 0 Å². The Morgan fingerprint density at radius 1 is 1.27 bits per heavy atom. The van der Waals surface area contributed by atoms with Crippen molar-refractivity contribution >= 4 is 17.0 Å². The van der Waals surface area contributed by atoms with Gasteiger partial charge in [0.1, 0.15) is 5.52 Å². The van der Waals surface area contributed by atoms with Crippen LogP contribution in [-0.2, 0) is 0 Å². The highest BCUT2D eigenvalue weighted by Crippen LogP contribution is 2.35. The molecular weight excluding hydrogens is 278 g/mol. The van der Waals surface area contributed by atoms with E-state index in [2.05, 4.69) is 9.88 Å². The van der Waals surface area contributed by atoms with Gasteiger partial charge in [-0.25, -0.2) is 4.98 Å². The highest BCUT2D eigenvalue weighted by molar-refractivity contribution is 6.03. The number of nitrogens with zero attached hydrogens (tertiary/aromatic N) is 2. The van der Waals surface area contributed by atoms with Gasteiger partial charge in [0, 0.05) is 18.5 Å². The lowest BCUT2D eigenvalue weighted by molar-refractivity contribution is 0.0897. The van der Waals surface area contributed by atoms with Crippen LogP contribution in [0.3, 0.4) is 0 Å². The van der Waals surface area contributed by atoms with Gasteiger partial charge in [-0.15, -0.1) is 0 Å². The molecule has 2 aliphatic rings. The first-order valence-electron chi connectivity index (χ1n) is 8.15. The van der Waals surface area contributed by atoms with Crippen molar-refractivity contribution in [2.75, 3.05) is 13.1 Å². The molecule has 1 aromatic carbocycles. The Bertz CT molecular complexity index is 709. The number of nitrogens with two attached hydrogens (primary N) is 1. The van der Waals surface area contributed by atoms with Crippen molar-refractivity contribution in [1.82, 2.24) is 9.88 Å². The zero-order valence-electron chi connectivity index (χ0n) is 12.6. The monoisotopic (exact) mass is 299 g/mol. The van der Waals surface area contributed by atoms with E-state index in [-0.39, 0.29) is 0 Å². The van der Waals surface area contributed by atoms with Crippen molar-refractivity contribution in [1.29, 1.82) is 0 Å². The van der Waals surface area contributed by atoms with E-state index in [1.165, 1.54) is 32.2 Å². The van der Waals surface area contributed by atoms with E-state index in [1.807, 2.05) is 6.07 Å². The predicted molar refractivity (Wildman–Crippen MR) is 83.7 cm³/mol. The minimum absolute atomic E-state index is 0.322. The van der Waals surface area contributed by atoms with Crippen LogP contribution in [0.15, 0.2) is 22.6 Å². The van der Waals surface area contributed by atoms with Gasteiger partial charge in [0.15, 0.2) is 11.5 Å². The van der Waals surface area contributed by atoms with Gasteiger partial charge in [-0.2, -0.15) is 0 Å². The number of piperidine rings is 2. The summed E-state index contributed by atoms with van der Waals surface area (Å²) in [5, 5.41) is 0. The van der Waals surface area contributed by atoms with Crippen LogP contribution < -0.4 is 5.73 Å². The Kier molecular flexibility index (Phi) is 3.37. The van der Waals surface area contributed by atoms with Crippen molar-refractivity contribution < 1.29 is 9.21 Å². The molecule has 3 heterocycles. The van der Waals surface area contributed by atoms with Crippen molar-refractivity contribution in [3.63, 3.8) is 0 Å². The normalized spacial score (nSPS) is 26.0. The standard InChI is InChI=1S/C17H21N3O2/c18-16(21)13-5-3-6-14-15(13)22-17(19-14)11-7-8-12-4-1-2-9-20(12)10-11/h3,5-6,11-12H,1-2,4,7-10H2,(H2,18,21). The molecule has 2 fully saturated rings. The number of carbonyl (C=O) groups excluding carboxylic acids is 1. The zero-order valence-corrected chi connectivity index (χ0v) is 12.6. The average molecular weight is 299 g/mol. The van der Waals surface area contributed by atoms with E-state index in [0.717, 1.165) is 30.4 Å². The van der Waals surface area contributed by atoms with E-state index in [1.54, 1.807) is 12.1 Å². The summed E-state index contributed by atoms with van der Waals surface area (Å²) in [5.74, 6) is 0.614. The number of para-hydroxylation sites is 1. The predicted octanol–water partition coefficient (Wildman–Crippen LogP) is 2.66. The first-order valence-corrected chi connectivity index (χ1v) is 8.15. The molecule has 0 bridgehead atoms. The van der Waals surface area contributed by atoms with Crippen molar-refractivity contribution in [2.24, 2.45) is 5.73 Å². The molecule has 2 saturated heterocycles. The van der Waals surface area contributed by atoms with Crippen LogP contribution in [0.2, 0.25) is 0 Å². The molecule has 1 amide bonds. The van der Waals surface area contributed by atoms with Crippen LogP contribution in [0.4, 0.5) is 0 Å². The van der Waals surface area contributed by atoms with E-state index in [9.17, 15) is 4.79 Å². The molecule has 2 aromatic rings. The molecule has 22 heavy (non-hydrogen) atoms. The molecule has 0 radical (unpaired) electrons. The molecule has 2 aliphatic heterocycles. The number of benzene rings is 1. The highest BCUT2D eigenvalue weighted by atomic mass is 16.3. The first-order chi connectivity index (χ1) is 10.7. The highest BCUT2D eigenvalue weighted by Gasteiger charge is 2.33. The molecule has 0 saturated carbocycles. The van der Waals surface area contributed by atoms with Gasteiger partial charge in [-0.3, -0.25) is 9.69 Å². The Morgan fingerprint density at radius 2 is 2.18 bits per heavy atom. The number of fused-ring (bicyclic) bond motifs is 2. The smallest absolute Gasteiger partial charge is 0.252 e. The summed E-state index contributed by atoms with van der Waals surface area (Å²) in [4.78, 5) is 18.7. The van der Waals surface area contributed by atoms with Crippen molar-refractivity contribution in [3.05, 3.63) is 29.7 Å². The van der Waals surface area contributed by atoms with Crippen LogP contribution in [-0.4, -0.2) is 34.9 Å². The maximum atomic E-state index is 11.5. The van der Waals surface area contributed by atoms with Crippen molar-refractivity contribution in [3.8, 4) is 0 Å². The number of primary amides is 1. The average Bonchev–Trinajstić information content (AvgIpc) is 2.98. The second-order valence-corrected chi connectivity index (χ2v) is 6.49. The topological polar surface area (TPSA) is 72.4 Å². The molecular formula is C17H21N3O2. The molecule has 5 heteroatoms. The van der Waals surface area contributed by atoms with Crippen LogP contribution >= 0.6 is 0 Å². The fraction of sp³-hybridized carbons (Fsp3) is 0.529. The number of aromatic nitrogens is 1. The van der Waals surface area contributed by atoms with Crippen LogP contribution in [0.5, 0.6) is 0 Å². The van der Waals surface area contributed by atoms with Crippen LogP contribution in [0.1, 0.15) is 54.3 Å². The van der Waals surface area contributed by atoms with Crippen LogP contribution in [0.25, 0.3) is 11.1 Å². The third-order valence-electron chi connectivity index (χ3n) is 5.10. The summed E-state index contributed by atoms with van der Waals surface area (Å²) >= 11 is 0. The Balaban J connectivity index is 1.64. The molecule has 4 rings (SSSR count). The molecule has 2 N–H and O–H groups in total. The zero-order chi connectivity index (χ0) is 15.1. The third-order valence-corrected chi connectivity index (χ3v) is 5.10. The second-order valence-electron chi connectivity index (χ2n) is 6.49. The largest absolute Gasteiger partial charge is 0.439 e. The fourth-order valence-corrected chi connectivity index (χ4v) is 3.93. The number of hydrogen-bond donors (Lipinski definition) is 1. The Hall–Kier alpha value is -1.88. The second kappa shape index (κ2) is 5.39. The summed E-state index contributed by atoms with van der Waals surface area (Å²) in [5.41, 5.74) is 7.10. The van der Waals surface area contributed by atoms with Gasteiger partial charge in [0.05, 0.1) is 5.56 Å². The number of hydrogen-bond acceptors (Lipinski definition) is 4. The number of oxazole rings is 1. The SMILES string of the molecule is NC(=O)c1cccc2nc(C3CCC4CCCCN4C3)oc12. The number of amides is 1. The summed E-state index contributed by atoms with van der Waals surface area (Å²) in [6.45, 7) is 2.21. The van der Waals surface area contributed by atoms with E-state index in [4.69, 9.17) is 10.2 Å². The summed E-state index contributed by atoms with van der Waals surface area (Å²) in [7, 11) is 0. The molecule has 0 aliphatic carbocycles. The molecule has 116 valence electrons. The van der Waals surface area contributed by atoms with Gasteiger partial charge in [0.2, 0.25) is 0 Å². The van der Waals surface area contributed by atoms with Gasteiger partial charge in [0.25, 0.3) is 5.91 Å². The summed E-state index contributed by atoms with van der Waals surface area (Å²) < 4.78 is 5.94. The lowest BCUT2D eigenvalue weighted by atomic mass is 9.87. The molecule has 2 unspecified atom stereocenters. The van der Waals surface area contributed by atoms with Gasteiger partial charge in [-0.1, -0.05) is 12.5 Å². The molecule has 5 nitrogen and oxygen atoms in total. The number of rotatable bonds is 2. The van der Waals surface area contributed by atoms with E-state index in [0.29, 0.717) is 17.1 Å². The maximum absolute atomic E-state index is 11.5. The minimum Gasteiger partial charge on any atom is -0.439 e. The number of carbonyl (C=O) groups is 1. The summed E-state index contributed by atoms with van der Waals surface area (Å²) in [6.07, 6.45) is 6.30. The van der Waals surface area contributed by atoms with E-state index < -0.39 is 5.91 Å². The summed E-state index contributed by atoms with van der Waals surface area (Å²) in [6, 6.07) is 6.12. The molecule has 0 spiro atoms. The minimum atomic E-state index is -0.465. The third kappa shape index (κ3) is 2.29. The van der Waals surface area contributed by atoms with Gasteiger partial charge >= 0.3 is 0 Å². The van der Waals surface area contributed by atoms with Gasteiger partial charge in [-0.05, 0) is 44.4 Å². The maximum Gasteiger partial charge on any atom is 0.252 e.